The van der Waals surface area contributed by atoms with Crippen molar-refractivity contribution in [3.63, 3.8) is 0 Å². The number of thiazole rings is 1. The number of carbonyl (C=O) groups excluding carboxylic acids is 1. The van der Waals surface area contributed by atoms with Crippen molar-refractivity contribution in [1.29, 1.82) is 0 Å². The highest BCUT2D eigenvalue weighted by molar-refractivity contribution is 7.13. The Morgan fingerprint density at radius 2 is 2.07 bits per heavy atom. The van der Waals surface area contributed by atoms with Gasteiger partial charge in [0.25, 0.3) is 0 Å². The van der Waals surface area contributed by atoms with Crippen LogP contribution in [0, 0.1) is 0 Å². The predicted molar refractivity (Wildman–Crippen MR) is 107 cm³/mol. The van der Waals surface area contributed by atoms with Gasteiger partial charge in [-0.15, -0.1) is 21.5 Å². The van der Waals surface area contributed by atoms with E-state index in [2.05, 4.69) is 25.7 Å². The third kappa shape index (κ3) is 6.00. The van der Waals surface area contributed by atoms with Gasteiger partial charge in [0.05, 0.1) is 24.9 Å². The number of benzene rings is 1. The van der Waals surface area contributed by atoms with Gasteiger partial charge in [-0.2, -0.15) is 5.10 Å². The molecule has 0 saturated heterocycles. The molecule has 0 fully saturated rings. The van der Waals surface area contributed by atoms with E-state index in [1.165, 1.54) is 11.3 Å². The van der Waals surface area contributed by atoms with Crippen molar-refractivity contribution in [1.82, 2.24) is 15.2 Å². The first-order valence-corrected chi connectivity index (χ1v) is 9.54. The number of carbonyl (C=O) groups is 1. The molecule has 10 heteroatoms. The lowest BCUT2D eigenvalue weighted by Gasteiger charge is -2.03. The van der Waals surface area contributed by atoms with Gasteiger partial charge in [0.1, 0.15) is 5.75 Å². The molecular weight excluding hydrogens is 402 g/mol. The highest BCUT2D eigenvalue weighted by Gasteiger charge is 2.07. The van der Waals surface area contributed by atoms with Crippen molar-refractivity contribution in [3.05, 3.63) is 58.2 Å². The second kappa shape index (κ2) is 9.77. The van der Waals surface area contributed by atoms with E-state index in [4.69, 9.17) is 21.1 Å². The number of hydrazone groups is 1. The summed E-state index contributed by atoms with van der Waals surface area (Å²) < 4.78 is 10.5. The average Bonchev–Trinajstić information content (AvgIpc) is 3.12. The van der Waals surface area contributed by atoms with Crippen molar-refractivity contribution < 1.29 is 14.3 Å². The van der Waals surface area contributed by atoms with E-state index in [0.29, 0.717) is 34.2 Å². The second-order valence-electron chi connectivity index (χ2n) is 5.36. The summed E-state index contributed by atoms with van der Waals surface area (Å²) in [5.41, 5.74) is 4.35. The number of anilines is 1. The topological polar surface area (TPSA) is 98.6 Å². The summed E-state index contributed by atoms with van der Waals surface area (Å²) in [4.78, 5) is 15.7. The fraction of sp³-hybridized carbons (Fsp3) is 0.167. The van der Waals surface area contributed by atoms with Gasteiger partial charge in [0.15, 0.2) is 5.15 Å². The summed E-state index contributed by atoms with van der Waals surface area (Å²) >= 11 is 7.05. The van der Waals surface area contributed by atoms with E-state index in [0.717, 1.165) is 5.56 Å². The first-order valence-electron chi connectivity index (χ1n) is 8.28. The minimum Gasteiger partial charge on any atom is -0.466 e. The summed E-state index contributed by atoms with van der Waals surface area (Å²) in [7, 11) is 0. The van der Waals surface area contributed by atoms with Crippen LogP contribution < -0.4 is 10.2 Å². The Kier molecular flexibility index (Phi) is 6.88. The van der Waals surface area contributed by atoms with Gasteiger partial charge < -0.3 is 9.47 Å². The molecule has 0 atom stereocenters. The van der Waals surface area contributed by atoms with Crippen LogP contribution >= 0.6 is 22.9 Å². The van der Waals surface area contributed by atoms with E-state index in [9.17, 15) is 4.79 Å². The number of esters is 1. The quantitative estimate of drug-likeness (QED) is 0.336. The molecule has 0 bridgehead atoms. The van der Waals surface area contributed by atoms with E-state index in [1.807, 2.05) is 12.1 Å². The van der Waals surface area contributed by atoms with Crippen LogP contribution in [0.25, 0.3) is 0 Å². The van der Waals surface area contributed by atoms with Crippen LogP contribution in [-0.4, -0.2) is 34.0 Å². The molecule has 0 aliphatic carbocycles. The maximum absolute atomic E-state index is 11.4. The number of nitrogens with one attached hydrogen (secondary N) is 1. The van der Waals surface area contributed by atoms with Gasteiger partial charge in [0, 0.05) is 11.4 Å². The van der Waals surface area contributed by atoms with Gasteiger partial charge in [-0.1, -0.05) is 11.6 Å². The van der Waals surface area contributed by atoms with Crippen molar-refractivity contribution in [2.45, 2.75) is 13.3 Å². The molecule has 144 valence electrons. The molecule has 3 rings (SSSR count). The van der Waals surface area contributed by atoms with E-state index in [1.54, 1.807) is 42.8 Å². The Morgan fingerprint density at radius 3 is 2.79 bits per heavy atom. The first kappa shape index (κ1) is 19.7. The predicted octanol–water partition coefficient (Wildman–Crippen LogP) is 3.93. The van der Waals surface area contributed by atoms with Crippen LogP contribution in [0.4, 0.5) is 5.13 Å². The lowest BCUT2D eigenvalue weighted by Crippen LogP contribution is -2.07. The molecule has 2 heterocycles. The molecule has 2 aromatic heterocycles. The fourth-order valence-electron chi connectivity index (χ4n) is 2.06. The number of aromatic nitrogens is 3. The highest BCUT2D eigenvalue weighted by atomic mass is 35.5. The molecule has 0 spiro atoms. The minimum atomic E-state index is -0.297. The van der Waals surface area contributed by atoms with E-state index < -0.39 is 0 Å². The Balaban J connectivity index is 1.51. The molecule has 0 saturated carbocycles. The minimum absolute atomic E-state index is 0.148. The monoisotopic (exact) mass is 417 g/mol. The molecule has 0 radical (unpaired) electrons. The van der Waals surface area contributed by atoms with Gasteiger partial charge >= 0.3 is 5.97 Å². The summed E-state index contributed by atoms with van der Waals surface area (Å²) in [6, 6.07) is 10.5. The normalized spacial score (nSPS) is 10.8. The Labute approximate surface area is 170 Å². The maximum atomic E-state index is 11.4. The first-order chi connectivity index (χ1) is 13.6. The smallest absolute Gasteiger partial charge is 0.311 e. The fourth-order valence-corrected chi connectivity index (χ4v) is 2.82. The van der Waals surface area contributed by atoms with Crippen LogP contribution in [0.15, 0.2) is 46.9 Å². The van der Waals surface area contributed by atoms with Crippen molar-refractivity contribution in [2.75, 3.05) is 12.0 Å². The van der Waals surface area contributed by atoms with Gasteiger partial charge in [-0.3, -0.25) is 10.2 Å². The molecule has 1 N–H and O–H groups in total. The van der Waals surface area contributed by atoms with Crippen LogP contribution in [0.3, 0.4) is 0 Å². The molecule has 0 aliphatic heterocycles. The number of ether oxygens (including phenoxy) is 2. The summed E-state index contributed by atoms with van der Waals surface area (Å²) in [5.74, 6) is 0.676. The van der Waals surface area contributed by atoms with Crippen molar-refractivity contribution in [2.24, 2.45) is 5.10 Å². The van der Waals surface area contributed by atoms with Crippen LogP contribution in [-0.2, 0) is 16.0 Å². The second-order valence-corrected chi connectivity index (χ2v) is 6.61. The molecule has 28 heavy (non-hydrogen) atoms. The summed E-state index contributed by atoms with van der Waals surface area (Å²) in [5, 5.41) is 14.4. The largest absolute Gasteiger partial charge is 0.466 e. The van der Waals surface area contributed by atoms with Crippen LogP contribution in [0.1, 0.15) is 18.2 Å². The number of hydrogen-bond acceptors (Lipinski definition) is 9. The van der Waals surface area contributed by atoms with E-state index in [-0.39, 0.29) is 12.4 Å². The van der Waals surface area contributed by atoms with E-state index >= 15 is 0 Å². The third-order valence-electron chi connectivity index (χ3n) is 3.27. The van der Waals surface area contributed by atoms with Gasteiger partial charge in [-0.25, -0.2) is 4.98 Å². The molecule has 8 nitrogen and oxygen atoms in total. The molecule has 1 aromatic carbocycles. The number of halogens is 1. The number of rotatable bonds is 8. The maximum Gasteiger partial charge on any atom is 0.311 e. The zero-order chi connectivity index (χ0) is 19.8. The van der Waals surface area contributed by atoms with Crippen molar-refractivity contribution in [3.8, 4) is 11.6 Å². The zero-order valence-electron chi connectivity index (χ0n) is 14.8. The lowest BCUT2D eigenvalue weighted by atomic mass is 10.2. The average molecular weight is 418 g/mol. The van der Waals surface area contributed by atoms with Gasteiger partial charge in [-0.05, 0) is 42.8 Å². The molecule has 0 unspecified atom stereocenters. The van der Waals surface area contributed by atoms with Crippen LogP contribution in [0.2, 0.25) is 5.15 Å². The molecule has 0 amide bonds. The lowest BCUT2D eigenvalue weighted by molar-refractivity contribution is -0.142. The van der Waals surface area contributed by atoms with Crippen molar-refractivity contribution >= 4 is 40.3 Å². The number of nitrogens with zero attached hydrogens (tertiary/aromatic N) is 4. The third-order valence-corrected chi connectivity index (χ3v) is 4.26. The molecule has 0 aliphatic rings. The molecule has 3 aromatic rings. The highest BCUT2D eigenvalue weighted by Crippen LogP contribution is 2.20. The van der Waals surface area contributed by atoms with Crippen LogP contribution in [0.5, 0.6) is 11.6 Å². The van der Waals surface area contributed by atoms with Gasteiger partial charge in [0.2, 0.25) is 11.0 Å². The summed E-state index contributed by atoms with van der Waals surface area (Å²) in [6.07, 6.45) is 1.80. The number of hydrogen-bond donors (Lipinski definition) is 1. The SMILES string of the molecule is CCOC(=O)Cc1csc(NN=Cc2ccc(Oc3ccc(Cl)nn3)cc2)n1. The Hall–Kier alpha value is -3.04. The standard InChI is InChI=1S/C18H16ClN5O3S/c1-2-26-17(25)9-13-11-28-18(21-13)24-20-10-12-3-5-14(6-4-12)27-16-8-7-15(19)22-23-16/h3-8,10-11H,2,9H2,1H3,(H,21,24). The Morgan fingerprint density at radius 1 is 1.25 bits per heavy atom. The zero-order valence-corrected chi connectivity index (χ0v) is 16.4. The summed E-state index contributed by atoms with van der Waals surface area (Å²) in [6.45, 7) is 2.13. The Bertz CT molecular complexity index is 945. The molecular formula is C18H16ClN5O3S.